The van der Waals surface area contributed by atoms with Crippen LogP contribution in [0.15, 0.2) is 22.7 Å². The van der Waals surface area contributed by atoms with Gasteiger partial charge in [-0.2, -0.15) is 0 Å². The third kappa shape index (κ3) is 1.89. The number of benzene rings is 1. The summed E-state index contributed by atoms with van der Waals surface area (Å²) in [6.45, 7) is 2.33. The average molecular weight is 282 g/mol. The molecule has 0 atom stereocenters. The van der Waals surface area contributed by atoms with Crippen molar-refractivity contribution < 1.29 is 9.59 Å². The molecule has 1 heterocycles. The lowest BCUT2D eigenvalue weighted by Gasteiger charge is -2.28. The highest BCUT2D eigenvalue weighted by molar-refractivity contribution is 9.10. The van der Waals surface area contributed by atoms with Crippen molar-refractivity contribution in [3.63, 3.8) is 0 Å². The van der Waals surface area contributed by atoms with Crippen LogP contribution in [-0.2, 0) is 4.79 Å². The number of halogens is 1. The Morgan fingerprint density at radius 1 is 1.50 bits per heavy atom. The molecule has 3 nitrogen and oxygen atoms in total. The van der Waals surface area contributed by atoms with Crippen LogP contribution in [0.4, 0.5) is 5.69 Å². The number of amides is 1. The fraction of sp³-hybridized carbons (Fsp3) is 0.333. The van der Waals surface area contributed by atoms with Gasteiger partial charge in [0.2, 0.25) is 5.91 Å². The first-order valence-corrected chi connectivity index (χ1v) is 6.06. The lowest BCUT2D eigenvalue weighted by atomic mass is 10.0. The Kier molecular flexibility index (Phi) is 3.10. The zero-order chi connectivity index (χ0) is 11.7. The van der Waals surface area contributed by atoms with Crippen LogP contribution in [-0.4, -0.2) is 18.2 Å². The summed E-state index contributed by atoms with van der Waals surface area (Å²) in [5.74, 6) is 0.174. The summed E-state index contributed by atoms with van der Waals surface area (Å²) in [5, 5.41) is 0. The number of hydrogen-bond acceptors (Lipinski definition) is 2. The molecule has 1 aromatic carbocycles. The Labute approximate surface area is 103 Å². The van der Waals surface area contributed by atoms with Crippen LogP contribution in [0.5, 0.6) is 0 Å². The lowest BCUT2D eigenvalue weighted by Crippen LogP contribution is -2.36. The van der Waals surface area contributed by atoms with Gasteiger partial charge in [-0.1, -0.05) is 22.9 Å². The van der Waals surface area contributed by atoms with E-state index in [-0.39, 0.29) is 11.7 Å². The molecule has 0 saturated carbocycles. The van der Waals surface area contributed by atoms with E-state index in [0.717, 1.165) is 10.2 Å². The van der Waals surface area contributed by atoms with Gasteiger partial charge >= 0.3 is 0 Å². The molecular weight excluding hydrogens is 270 g/mol. The summed E-state index contributed by atoms with van der Waals surface area (Å²) in [6.07, 6.45) is 0.874. The molecule has 0 radical (unpaired) electrons. The number of carbonyl (C=O) groups is 2. The van der Waals surface area contributed by atoms with Crippen molar-refractivity contribution >= 4 is 33.3 Å². The van der Waals surface area contributed by atoms with Gasteiger partial charge in [-0.05, 0) is 18.2 Å². The molecule has 0 fully saturated rings. The van der Waals surface area contributed by atoms with E-state index in [9.17, 15) is 9.59 Å². The molecule has 84 valence electrons. The Hall–Kier alpha value is -1.16. The molecule has 2 rings (SSSR count). The minimum Gasteiger partial charge on any atom is -0.311 e. The van der Waals surface area contributed by atoms with Crippen molar-refractivity contribution in [2.75, 3.05) is 11.4 Å². The van der Waals surface area contributed by atoms with Gasteiger partial charge < -0.3 is 4.90 Å². The second-order valence-corrected chi connectivity index (χ2v) is 4.65. The van der Waals surface area contributed by atoms with Gasteiger partial charge in [0.25, 0.3) is 0 Å². The molecule has 0 spiro atoms. The second-order valence-electron chi connectivity index (χ2n) is 3.73. The van der Waals surface area contributed by atoms with Crippen molar-refractivity contribution in [1.82, 2.24) is 0 Å². The monoisotopic (exact) mass is 281 g/mol. The number of rotatable bonds is 1. The van der Waals surface area contributed by atoms with E-state index in [2.05, 4.69) is 15.9 Å². The van der Waals surface area contributed by atoms with E-state index in [1.54, 1.807) is 11.0 Å². The van der Waals surface area contributed by atoms with Crippen LogP contribution in [0.2, 0.25) is 0 Å². The number of carbonyl (C=O) groups excluding carboxylic acids is 2. The van der Waals surface area contributed by atoms with Gasteiger partial charge in [0.05, 0.1) is 5.69 Å². The molecule has 1 amide bonds. The van der Waals surface area contributed by atoms with Crippen molar-refractivity contribution in [2.45, 2.75) is 19.8 Å². The van der Waals surface area contributed by atoms with Crippen molar-refractivity contribution in [2.24, 2.45) is 0 Å². The molecule has 1 aliphatic heterocycles. The number of anilines is 1. The molecule has 0 N–H and O–H groups in total. The summed E-state index contributed by atoms with van der Waals surface area (Å²) in [5.41, 5.74) is 1.38. The highest BCUT2D eigenvalue weighted by Crippen LogP contribution is 2.30. The first-order valence-electron chi connectivity index (χ1n) is 5.26. The summed E-state index contributed by atoms with van der Waals surface area (Å²) in [7, 11) is 0. The van der Waals surface area contributed by atoms with Crippen molar-refractivity contribution in [3.05, 3.63) is 28.2 Å². The standard InChI is InChI=1S/C12H12BrNO2/c1-2-12(16)14-6-5-11(15)9-7-8(13)3-4-10(9)14/h3-4,7H,2,5-6H2,1H3. The molecule has 0 aliphatic carbocycles. The largest absolute Gasteiger partial charge is 0.311 e. The van der Waals surface area contributed by atoms with Gasteiger partial charge in [0.1, 0.15) is 0 Å². The number of ketones is 1. The fourth-order valence-corrected chi connectivity index (χ4v) is 2.25. The molecule has 0 aromatic heterocycles. The first kappa shape index (κ1) is 11.3. The Balaban J connectivity index is 2.48. The molecule has 0 saturated heterocycles. The highest BCUT2D eigenvalue weighted by atomic mass is 79.9. The van der Waals surface area contributed by atoms with Gasteiger partial charge in [0, 0.05) is 29.4 Å². The van der Waals surface area contributed by atoms with Crippen LogP contribution in [0.1, 0.15) is 30.1 Å². The molecule has 1 aliphatic rings. The predicted molar refractivity (Wildman–Crippen MR) is 65.7 cm³/mol. The van der Waals surface area contributed by atoms with Crippen LogP contribution in [0.3, 0.4) is 0 Å². The van der Waals surface area contributed by atoms with E-state index >= 15 is 0 Å². The Morgan fingerprint density at radius 2 is 2.25 bits per heavy atom. The zero-order valence-electron chi connectivity index (χ0n) is 9.00. The Bertz CT molecular complexity index is 456. The minimum atomic E-state index is 0.0658. The van der Waals surface area contributed by atoms with E-state index in [1.165, 1.54) is 0 Å². The molecular formula is C12H12BrNO2. The zero-order valence-corrected chi connectivity index (χ0v) is 10.6. The summed E-state index contributed by atoms with van der Waals surface area (Å²) in [6, 6.07) is 5.46. The van der Waals surface area contributed by atoms with E-state index in [1.807, 2.05) is 19.1 Å². The molecule has 4 heteroatoms. The van der Waals surface area contributed by atoms with E-state index in [0.29, 0.717) is 24.9 Å². The highest BCUT2D eigenvalue weighted by Gasteiger charge is 2.26. The average Bonchev–Trinajstić information content (AvgIpc) is 2.29. The van der Waals surface area contributed by atoms with E-state index < -0.39 is 0 Å². The van der Waals surface area contributed by atoms with Crippen molar-refractivity contribution in [1.29, 1.82) is 0 Å². The third-order valence-corrected chi connectivity index (χ3v) is 3.21. The predicted octanol–water partition coefficient (Wildman–Crippen LogP) is 2.78. The number of hydrogen-bond donors (Lipinski definition) is 0. The van der Waals surface area contributed by atoms with Crippen LogP contribution in [0, 0.1) is 0 Å². The quantitative estimate of drug-likeness (QED) is 0.794. The second kappa shape index (κ2) is 4.37. The minimum absolute atomic E-state index is 0.0658. The number of nitrogens with zero attached hydrogens (tertiary/aromatic N) is 1. The number of fused-ring (bicyclic) bond motifs is 1. The first-order chi connectivity index (χ1) is 7.63. The maximum Gasteiger partial charge on any atom is 0.226 e. The van der Waals surface area contributed by atoms with E-state index in [4.69, 9.17) is 0 Å². The molecule has 0 bridgehead atoms. The van der Waals surface area contributed by atoms with Crippen LogP contribution >= 0.6 is 15.9 Å². The normalized spacial score (nSPS) is 14.9. The van der Waals surface area contributed by atoms with Gasteiger partial charge in [-0.3, -0.25) is 9.59 Å². The Morgan fingerprint density at radius 3 is 2.94 bits per heavy atom. The maximum absolute atomic E-state index is 11.7. The lowest BCUT2D eigenvalue weighted by molar-refractivity contribution is -0.118. The van der Waals surface area contributed by atoms with Crippen molar-refractivity contribution in [3.8, 4) is 0 Å². The maximum atomic E-state index is 11.7. The fourth-order valence-electron chi connectivity index (χ4n) is 1.89. The smallest absolute Gasteiger partial charge is 0.226 e. The summed E-state index contributed by atoms with van der Waals surface area (Å²) in [4.78, 5) is 25.2. The number of Topliss-reactive ketones (excluding diaryl/α,β-unsaturated/α-hetero) is 1. The van der Waals surface area contributed by atoms with Crippen LogP contribution in [0.25, 0.3) is 0 Å². The summed E-state index contributed by atoms with van der Waals surface area (Å²) < 4.78 is 0.866. The summed E-state index contributed by atoms with van der Waals surface area (Å²) >= 11 is 3.34. The molecule has 16 heavy (non-hydrogen) atoms. The van der Waals surface area contributed by atoms with Crippen LogP contribution < -0.4 is 4.90 Å². The van der Waals surface area contributed by atoms with Gasteiger partial charge in [-0.15, -0.1) is 0 Å². The molecule has 0 unspecified atom stereocenters. The third-order valence-electron chi connectivity index (χ3n) is 2.72. The van der Waals surface area contributed by atoms with Gasteiger partial charge in [-0.25, -0.2) is 0 Å². The SMILES string of the molecule is CCC(=O)N1CCC(=O)c2cc(Br)ccc21. The molecule has 1 aromatic rings. The topological polar surface area (TPSA) is 37.4 Å². The van der Waals surface area contributed by atoms with Gasteiger partial charge in [0.15, 0.2) is 5.78 Å².